The van der Waals surface area contributed by atoms with Gasteiger partial charge in [0.2, 0.25) is 5.91 Å². The van der Waals surface area contributed by atoms with Crippen LogP contribution in [0.1, 0.15) is 18.7 Å². The van der Waals surface area contributed by atoms with Crippen molar-refractivity contribution in [2.45, 2.75) is 13.0 Å². The second kappa shape index (κ2) is 7.25. The summed E-state index contributed by atoms with van der Waals surface area (Å²) in [6, 6.07) is 9.38. The van der Waals surface area contributed by atoms with Crippen molar-refractivity contribution < 1.29 is 14.0 Å². The van der Waals surface area contributed by atoms with Gasteiger partial charge < -0.3 is 20.4 Å². The summed E-state index contributed by atoms with van der Waals surface area (Å²) in [6.45, 7) is 2.73. The van der Waals surface area contributed by atoms with Crippen molar-refractivity contribution in [3.63, 3.8) is 0 Å². The Morgan fingerprint density at radius 1 is 1.40 bits per heavy atom. The number of guanidine groups is 1. The standard InChI is InChI=1S/C17H21N5O3/c1-11(14-9-12-5-3-4-6-13(12)25-14)21-16(18-2)19-7-8-22-15(23)10-20-17(22)24/h3-6,9,11H,7-8,10H2,1-2H3,(H,20,24)(H2,18,19,21). The normalized spacial score (nSPS) is 16.2. The minimum Gasteiger partial charge on any atom is -0.459 e. The third-order valence-electron chi connectivity index (χ3n) is 4.01. The van der Waals surface area contributed by atoms with Crippen molar-refractivity contribution in [2.75, 3.05) is 26.7 Å². The Morgan fingerprint density at radius 2 is 2.20 bits per heavy atom. The number of hydrogen-bond acceptors (Lipinski definition) is 4. The molecule has 1 unspecified atom stereocenters. The number of hydrogen-bond donors (Lipinski definition) is 3. The molecule has 25 heavy (non-hydrogen) atoms. The molecule has 8 heteroatoms. The van der Waals surface area contributed by atoms with Crippen LogP contribution in [0.3, 0.4) is 0 Å². The smallest absolute Gasteiger partial charge is 0.324 e. The highest BCUT2D eigenvalue weighted by atomic mass is 16.3. The highest BCUT2D eigenvalue weighted by molar-refractivity contribution is 6.01. The third-order valence-corrected chi connectivity index (χ3v) is 4.01. The van der Waals surface area contributed by atoms with Gasteiger partial charge in [0.1, 0.15) is 11.3 Å². The molecule has 8 nitrogen and oxygen atoms in total. The van der Waals surface area contributed by atoms with Crippen LogP contribution in [0.5, 0.6) is 0 Å². The quantitative estimate of drug-likeness (QED) is 0.431. The van der Waals surface area contributed by atoms with Gasteiger partial charge in [0, 0.05) is 25.5 Å². The molecule has 1 saturated heterocycles. The molecule has 1 fully saturated rings. The van der Waals surface area contributed by atoms with Crippen molar-refractivity contribution in [1.82, 2.24) is 20.9 Å². The number of benzene rings is 1. The molecule has 3 N–H and O–H groups in total. The number of carbonyl (C=O) groups excluding carboxylic acids is 2. The minimum atomic E-state index is -0.356. The molecule has 1 aliphatic heterocycles. The molecule has 1 atom stereocenters. The average molecular weight is 343 g/mol. The van der Waals surface area contributed by atoms with E-state index in [-0.39, 0.29) is 31.1 Å². The van der Waals surface area contributed by atoms with Crippen LogP contribution in [0.15, 0.2) is 39.7 Å². The molecule has 3 rings (SSSR count). The third kappa shape index (κ3) is 3.73. The zero-order valence-corrected chi connectivity index (χ0v) is 14.2. The lowest BCUT2D eigenvalue weighted by Crippen LogP contribution is -2.43. The van der Waals surface area contributed by atoms with Crippen LogP contribution in [0.4, 0.5) is 4.79 Å². The molecule has 1 aromatic carbocycles. The first-order chi connectivity index (χ1) is 12.1. The van der Waals surface area contributed by atoms with Crippen LogP contribution >= 0.6 is 0 Å². The molecule has 0 aliphatic carbocycles. The topological polar surface area (TPSA) is 99.0 Å². The second-order valence-corrected chi connectivity index (χ2v) is 5.76. The first-order valence-corrected chi connectivity index (χ1v) is 8.12. The van der Waals surface area contributed by atoms with E-state index in [0.29, 0.717) is 12.5 Å². The maximum absolute atomic E-state index is 11.5. The van der Waals surface area contributed by atoms with E-state index in [9.17, 15) is 9.59 Å². The van der Waals surface area contributed by atoms with Gasteiger partial charge >= 0.3 is 6.03 Å². The predicted octanol–water partition coefficient (Wildman–Crippen LogP) is 1.21. The predicted molar refractivity (Wildman–Crippen MR) is 94.2 cm³/mol. The Labute approximate surface area is 145 Å². The van der Waals surface area contributed by atoms with E-state index >= 15 is 0 Å². The zero-order valence-electron chi connectivity index (χ0n) is 14.2. The van der Waals surface area contributed by atoms with Crippen molar-refractivity contribution in [1.29, 1.82) is 0 Å². The van der Waals surface area contributed by atoms with Gasteiger partial charge in [-0.05, 0) is 19.1 Å². The van der Waals surface area contributed by atoms with E-state index in [1.165, 1.54) is 4.90 Å². The lowest BCUT2D eigenvalue weighted by atomic mass is 10.2. The summed E-state index contributed by atoms with van der Waals surface area (Å²) >= 11 is 0. The summed E-state index contributed by atoms with van der Waals surface area (Å²) < 4.78 is 5.84. The van der Waals surface area contributed by atoms with E-state index in [1.807, 2.05) is 37.3 Å². The molecule has 0 radical (unpaired) electrons. The van der Waals surface area contributed by atoms with Gasteiger partial charge in [-0.15, -0.1) is 0 Å². The van der Waals surface area contributed by atoms with Gasteiger partial charge in [-0.25, -0.2) is 4.79 Å². The van der Waals surface area contributed by atoms with Crippen LogP contribution in [-0.4, -0.2) is 49.5 Å². The van der Waals surface area contributed by atoms with Crippen LogP contribution in [0.25, 0.3) is 11.0 Å². The highest BCUT2D eigenvalue weighted by Crippen LogP contribution is 2.23. The van der Waals surface area contributed by atoms with E-state index in [0.717, 1.165) is 16.7 Å². The minimum absolute atomic E-state index is 0.0644. The Morgan fingerprint density at radius 3 is 2.88 bits per heavy atom. The fourth-order valence-electron chi connectivity index (χ4n) is 2.65. The average Bonchev–Trinajstić information content (AvgIpc) is 3.18. The Bertz CT molecular complexity index is 764. The molecule has 0 saturated carbocycles. The molecule has 1 aromatic heterocycles. The highest BCUT2D eigenvalue weighted by Gasteiger charge is 2.27. The Kier molecular flexibility index (Phi) is 4.87. The SMILES string of the molecule is CN=C(NCCN1C(=O)CNC1=O)NC(C)c1cc2ccccc2o1. The summed E-state index contributed by atoms with van der Waals surface area (Å²) in [6.07, 6.45) is 0. The number of carbonyl (C=O) groups is 2. The first-order valence-electron chi connectivity index (χ1n) is 8.12. The van der Waals surface area contributed by atoms with Gasteiger partial charge in [0.15, 0.2) is 5.96 Å². The Hall–Kier alpha value is -3.03. The summed E-state index contributed by atoms with van der Waals surface area (Å²) in [5.74, 6) is 1.16. The van der Waals surface area contributed by atoms with Crippen LogP contribution in [0, 0.1) is 0 Å². The second-order valence-electron chi connectivity index (χ2n) is 5.76. The number of aliphatic imine (C=N–C) groups is 1. The largest absolute Gasteiger partial charge is 0.459 e. The number of nitrogens with one attached hydrogen (secondary N) is 3. The number of imide groups is 1. The van der Waals surface area contributed by atoms with Crippen molar-refractivity contribution in [3.05, 3.63) is 36.1 Å². The van der Waals surface area contributed by atoms with E-state index in [1.54, 1.807) is 7.05 Å². The van der Waals surface area contributed by atoms with Gasteiger partial charge in [0.05, 0.1) is 12.6 Å². The lowest BCUT2D eigenvalue weighted by Gasteiger charge is -2.18. The van der Waals surface area contributed by atoms with E-state index in [4.69, 9.17) is 4.42 Å². The van der Waals surface area contributed by atoms with Gasteiger partial charge in [-0.3, -0.25) is 14.7 Å². The van der Waals surface area contributed by atoms with Crippen LogP contribution < -0.4 is 16.0 Å². The number of amides is 3. The van der Waals surface area contributed by atoms with Gasteiger partial charge in [-0.1, -0.05) is 18.2 Å². The molecule has 3 amide bonds. The Balaban J connectivity index is 1.54. The summed E-state index contributed by atoms with van der Waals surface area (Å²) in [5, 5.41) is 9.87. The van der Waals surface area contributed by atoms with Gasteiger partial charge in [0.25, 0.3) is 0 Å². The van der Waals surface area contributed by atoms with Crippen molar-refractivity contribution >= 4 is 28.9 Å². The fraction of sp³-hybridized carbons (Fsp3) is 0.353. The molecule has 2 aromatic rings. The molecular weight excluding hydrogens is 322 g/mol. The number of fused-ring (bicyclic) bond motifs is 1. The van der Waals surface area contributed by atoms with Gasteiger partial charge in [-0.2, -0.15) is 0 Å². The van der Waals surface area contributed by atoms with E-state index in [2.05, 4.69) is 20.9 Å². The van der Waals surface area contributed by atoms with Crippen LogP contribution in [-0.2, 0) is 4.79 Å². The number of urea groups is 1. The number of furan rings is 1. The molecule has 1 aliphatic rings. The van der Waals surface area contributed by atoms with Crippen molar-refractivity contribution in [2.24, 2.45) is 4.99 Å². The summed E-state index contributed by atoms with van der Waals surface area (Å²) in [5.41, 5.74) is 0.840. The van der Waals surface area contributed by atoms with E-state index < -0.39 is 0 Å². The van der Waals surface area contributed by atoms with Crippen LogP contribution in [0.2, 0.25) is 0 Å². The molecule has 0 bridgehead atoms. The first kappa shape index (κ1) is 16.8. The summed E-state index contributed by atoms with van der Waals surface area (Å²) in [4.78, 5) is 28.4. The monoisotopic (exact) mass is 343 g/mol. The maximum atomic E-state index is 11.5. The number of nitrogens with zero attached hydrogens (tertiary/aromatic N) is 2. The lowest BCUT2D eigenvalue weighted by molar-refractivity contribution is -0.124. The summed E-state index contributed by atoms with van der Waals surface area (Å²) in [7, 11) is 1.66. The number of rotatable bonds is 5. The molecule has 2 heterocycles. The zero-order chi connectivity index (χ0) is 17.8. The fourth-order valence-corrected chi connectivity index (χ4v) is 2.65. The molecular formula is C17H21N5O3. The maximum Gasteiger partial charge on any atom is 0.324 e. The van der Waals surface area contributed by atoms with Crippen molar-refractivity contribution in [3.8, 4) is 0 Å². The number of para-hydroxylation sites is 1. The molecule has 132 valence electrons. The molecule has 0 spiro atoms.